The molecule has 1 aliphatic rings. The van der Waals surface area contributed by atoms with E-state index in [0.29, 0.717) is 6.04 Å². The van der Waals surface area contributed by atoms with Crippen LogP contribution in [0.2, 0.25) is 0 Å². The van der Waals surface area contributed by atoms with Gasteiger partial charge in [0.2, 0.25) is 0 Å². The van der Waals surface area contributed by atoms with Gasteiger partial charge < -0.3 is 0 Å². The second-order valence-corrected chi connectivity index (χ2v) is 6.64. The Kier molecular flexibility index (Phi) is 10.0. The standard InChI is InChI=1S/C11H21N2O2.BF3.K/c1-9-8-13(7-6-12(9)5)10(14)15-11(2,3)4;2-1(3)4;/h9H,5-8H2,1-4H3;;/t9-;;/m0../s1. The van der Waals surface area contributed by atoms with Crippen LogP contribution in [0.15, 0.2) is 0 Å². The van der Waals surface area contributed by atoms with E-state index in [4.69, 9.17) is 4.74 Å². The van der Waals surface area contributed by atoms with E-state index < -0.39 is 13.1 Å². The smallest absolute Gasteiger partial charge is 0.254 e. The fourth-order valence-electron chi connectivity index (χ4n) is 1.96. The van der Waals surface area contributed by atoms with Gasteiger partial charge in [-0.1, -0.05) is 0 Å². The van der Waals surface area contributed by atoms with Crippen molar-refractivity contribution in [2.75, 3.05) is 20.3 Å². The number of ether oxygens (including phenoxy) is 1. The van der Waals surface area contributed by atoms with E-state index in [1.165, 1.54) is 0.639 Å². The van der Waals surface area contributed by atoms with Gasteiger partial charge in [0, 0.05) is 0 Å². The van der Waals surface area contributed by atoms with Crippen LogP contribution in [0, 0.1) is 0 Å². The van der Waals surface area contributed by atoms with Crippen LogP contribution in [0.25, 0.3) is 0 Å². The third kappa shape index (κ3) is 9.62. The molecular weight excluding hydrogens is 299 g/mol. The SMILES string of the molecule is C[C@H]1CN(C(=O)OC(C)(C)C)CCN1[CH2][K].FB(F)F. The molecule has 1 heterocycles. The van der Waals surface area contributed by atoms with Crippen LogP contribution in [0.4, 0.5) is 17.7 Å². The molecule has 0 saturated carbocycles. The Balaban J connectivity index is 0.000000796. The average molecular weight is 320 g/mol. The quantitative estimate of drug-likeness (QED) is 0.692. The molecule has 0 aromatic rings. The zero-order valence-corrected chi connectivity index (χ0v) is 16.0. The van der Waals surface area contributed by atoms with E-state index in [2.05, 4.69) is 11.8 Å². The largest absolute Gasteiger partial charge is 0.762 e. The van der Waals surface area contributed by atoms with Gasteiger partial charge in [-0.15, -0.1) is 0 Å². The number of nitrogens with zero attached hydrogens (tertiary/aromatic N) is 2. The van der Waals surface area contributed by atoms with E-state index in [9.17, 15) is 17.7 Å². The molecule has 1 fully saturated rings. The van der Waals surface area contributed by atoms with Gasteiger partial charge in [0.1, 0.15) is 0 Å². The summed E-state index contributed by atoms with van der Waals surface area (Å²) in [5.74, 6) is 0. The number of piperazine rings is 1. The molecule has 0 bridgehead atoms. The van der Waals surface area contributed by atoms with Gasteiger partial charge in [0.15, 0.2) is 0 Å². The molecule has 0 aliphatic carbocycles. The van der Waals surface area contributed by atoms with E-state index in [1.807, 2.05) is 25.7 Å². The third-order valence-corrected chi connectivity index (χ3v) is 4.09. The number of hydrogen-bond acceptors (Lipinski definition) is 3. The van der Waals surface area contributed by atoms with Crippen LogP contribution in [0.5, 0.6) is 0 Å². The van der Waals surface area contributed by atoms with Crippen LogP contribution < -0.4 is 0 Å². The molecule has 0 aromatic heterocycles. The summed E-state index contributed by atoms with van der Waals surface area (Å²) in [6.45, 7) is 10.5. The van der Waals surface area contributed by atoms with E-state index >= 15 is 0 Å². The van der Waals surface area contributed by atoms with E-state index in [-0.39, 0.29) is 6.09 Å². The van der Waals surface area contributed by atoms with Crippen LogP contribution in [-0.2, 0) is 4.74 Å². The first kappa shape index (κ1) is 20.7. The van der Waals surface area contributed by atoms with E-state index in [0.717, 1.165) is 68.6 Å². The fourth-order valence-corrected chi connectivity index (χ4v) is 3.42. The van der Waals surface area contributed by atoms with Crippen molar-refractivity contribution in [2.45, 2.75) is 39.3 Å². The minimum absolute atomic E-state index is 0.170. The molecule has 0 aromatic carbocycles. The number of amides is 1. The number of carbonyl (C=O) groups is 1. The molecule has 1 rings (SSSR count). The summed E-state index contributed by atoms with van der Waals surface area (Å²) in [5, 5.41) is 0. The van der Waals surface area contributed by atoms with Crippen molar-refractivity contribution in [1.29, 1.82) is 0 Å². The Labute approximate surface area is 153 Å². The summed E-state index contributed by atoms with van der Waals surface area (Å²) in [6.07, 6.45) is -0.170. The molecule has 0 spiro atoms. The molecule has 9 heteroatoms. The summed E-state index contributed by atoms with van der Waals surface area (Å²) in [4.78, 5) is 16.1. The maximum Gasteiger partial charge on any atom is 0.762 e. The number of rotatable bonds is 1. The molecule has 1 amide bonds. The number of hydrogen-bond donors (Lipinski definition) is 0. The predicted molar refractivity (Wildman–Crippen MR) is 73.7 cm³/mol. The maximum absolute atomic E-state index is 11.9. The molecule has 4 nitrogen and oxygen atoms in total. The molecule has 1 atom stereocenters. The van der Waals surface area contributed by atoms with Crippen molar-refractivity contribution in [1.82, 2.24) is 9.80 Å². The maximum atomic E-state index is 11.9. The second-order valence-electron chi connectivity index (χ2n) is 5.65. The summed E-state index contributed by atoms with van der Waals surface area (Å²) >= 11 is 0.856. The summed E-state index contributed by atoms with van der Waals surface area (Å²) in [6, 6.07) is 0.469. The van der Waals surface area contributed by atoms with Gasteiger partial charge in [-0.05, 0) is 0 Å². The third-order valence-electron chi connectivity index (χ3n) is 2.82. The van der Waals surface area contributed by atoms with Crippen molar-refractivity contribution < 1.29 is 22.5 Å². The van der Waals surface area contributed by atoms with E-state index in [1.54, 1.807) is 0 Å². The van der Waals surface area contributed by atoms with Crippen LogP contribution in [0.1, 0.15) is 27.7 Å². The Hall–Kier alpha value is 0.721. The Morgan fingerprint density at radius 1 is 1.35 bits per heavy atom. The first-order chi connectivity index (χ1) is 9.06. The fraction of sp³-hybridized carbons (Fsp3) is 0.909. The number of carbonyl (C=O) groups excluding carboxylic acids is 1. The van der Waals surface area contributed by atoms with Crippen molar-refractivity contribution in [2.24, 2.45) is 0 Å². The van der Waals surface area contributed by atoms with Crippen molar-refractivity contribution >= 4 is 62.6 Å². The molecular formula is C11H21BF3KN2O2. The van der Waals surface area contributed by atoms with Gasteiger partial charge in [-0.3, -0.25) is 12.9 Å². The molecule has 112 valence electrons. The summed E-state index contributed by atoms with van der Waals surface area (Å²) < 4.78 is 35.6. The Morgan fingerprint density at radius 3 is 2.20 bits per heavy atom. The molecule has 0 unspecified atom stereocenters. The Morgan fingerprint density at radius 2 is 1.85 bits per heavy atom. The van der Waals surface area contributed by atoms with Gasteiger partial charge in [-0.25, -0.2) is 0 Å². The molecule has 20 heavy (non-hydrogen) atoms. The molecule has 1 aliphatic heterocycles. The zero-order valence-electron chi connectivity index (χ0n) is 12.8. The monoisotopic (exact) mass is 320 g/mol. The first-order valence-electron chi connectivity index (χ1n) is 6.71. The zero-order chi connectivity index (χ0) is 15.9. The summed E-state index contributed by atoms with van der Waals surface area (Å²) in [5.41, 5.74) is -0.391. The minimum atomic E-state index is -3.67. The minimum Gasteiger partial charge on any atom is -0.254 e. The second kappa shape index (κ2) is 9.68. The molecule has 1 saturated heterocycles. The van der Waals surface area contributed by atoms with Crippen molar-refractivity contribution in [3.63, 3.8) is 0 Å². The average Bonchev–Trinajstić information content (AvgIpc) is 2.25. The van der Waals surface area contributed by atoms with Crippen LogP contribution >= 0.6 is 0 Å². The summed E-state index contributed by atoms with van der Waals surface area (Å²) in [7, 11) is -3.67. The predicted octanol–water partition coefficient (Wildman–Crippen LogP) is 1.93. The van der Waals surface area contributed by atoms with Crippen LogP contribution in [-0.4, -0.2) is 104 Å². The topological polar surface area (TPSA) is 32.8 Å². The van der Waals surface area contributed by atoms with Crippen LogP contribution in [0.3, 0.4) is 0 Å². The van der Waals surface area contributed by atoms with Crippen molar-refractivity contribution in [3.05, 3.63) is 0 Å². The van der Waals surface area contributed by atoms with Gasteiger partial charge >= 0.3 is 142 Å². The Bertz CT molecular complexity index is 303. The molecule has 0 radical (unpaired) electrons. The number of halogens is 3. The van der Waals surface area contributed by atoms with Gasteiger partial charge in [0.25, 0.3) is 0 Å². The molecule has 0 N–H and O–H groups in total. The van der Waals surface area contributed by atoms with Gasteiger partial charge in [-0.2, -0.15) is 0 Å². The van der Waals surface area contributed by atoms with Gasteiger partial charge in [0.05, 0.1) is 0 Å². The van der Waals surface area contributed by atoms with Crippen molar-refractivity contribution in [3.8, 4) is 0 Å². The first-order valence-corrected chi connectivity index (χ1v) is 8.91. The normalized spacial score (nSPS) is 20.1.